The number of nitrogens with zero attached hydrogens (tertiary/aromatic N) is 1. The molecule has 0 unspecified atom stereocenters. The van der Waals surface area contributed by atoms with Gasteiger partial charge in [-0.25, -0.2) is 4.98 Å². The summed E-state index contributed by atoms with van der Waals surface area (Å²) in [6.07, 6.45) is 0.985. The van der Waals surface area contributed by atoms with Crippen LogP contribution in [0.15, 0.2) is 24.3 Å². The Hall–Kier alpha value is -1.77. The molecule has 1 aromatic carbocycles. The topological polar surface area (TPSA) is 50.9 Å². The van der Waals surface area contributed by atoms with Gasteiger partial charge >= 0.3 is 0 Å². The monoisotopic (exact) mass is 185 g/mol. The summed E-state index contributed by atoms with van der Waals surface area (Å²) in [7, 11) is 0. The molecule has 0 amide bonds. The van der Waals surface area contributed by atoms with E-state index in [-0.39, 0.29) is 0 Å². The van der Waals surface area contributed by atoms with E-state index in [9.17, 15) is 0 Å². The number of pyridine rings is 1. The summed E-state index contributed by atoms with van der Waals surface area (Å²) in [5.74, 6) is 0.959. The highest BCUT2D eigenvalue weighted by atomic mass is 15.0. The maximum Gasteiger partial charge on any atom is 0.132 e. The first-order chi connectivity index (χ1) is 6.86. The molecule has 1 aliphatic heterocycles. The summed E-state index contributed by atoms with van der Waals surface area (Å²) in [6, 6.07) is 7.99. The molecular formula is C11H11N3. The molecule has 1 aliphatic rings. The minimum Gasteiger partial charge on any atom is -0.398 e. The van der Waals surface area contributed by atoms with E-state index in [1.54, 1.807) is 0 Å². The summed E-state index contributed by atoms with van der Waals surface area (Å²) >= 11 is 0. The number of benzene rings is 1. The molecular weight excluding hydrogens is 174 g/mol. The first kappa shape index (κ1) is 7.62. The molecule has 70 valence electrons. The van der Waals surface area contributed by atoms with Crippen LogP contribution in [0.25, 0.3) is 10.9 Å². The van der Waals surface area contributed by atoms with Gasteiger partial charge in [0.15, 0.2) is 0 Å². The van der Waals surface area contributed by atoms with Gasteiger partial charge in [-0.1, -0.05) is 18.2 Å². The number of rotatable bonds is 0. The Bertz CT molecular complexity index is 505. The fourth-order valence-corrected chi connectivity index (χ4v) is 1.98. The Morgan fingerprint density at radius 2 is 2.14 bits per heavy atom. The van der Waals surface area contributed by atoms with Crippen LogP contribution in [-0.2, 0) is 6.42 Å². The van der Waals surface area contributed by atoms with E-state index in [2.05, 4.69) is 10.3 Å². The van der Waals surface area contributed by atoms with Crippen molar-refractivity contribution in [2.75, 3.05) is 17.6 Å². The van der Waals surface area contributed by atoms with Gasteiger partial charge in [0.2, 0.25) is 0 Å². The predicted octanol–water partition coefficient (Wildman–Crippen LogP) is 1.78. The van der Waals surface area contributed by atoms with Gasteiger partial charge < -0.3 is 11.1 Å². The molecule has 2 aromatic rings. The van der Waals surface area contributed by atoms with E-state index >= 15 is 0 Å². The van der Waals surface area contributed by atoms with E-state index in [0.29, 0.717) is 0 Å². The highest BCUT2D eigenvalue weighted by molar-refractivity contribution is 5.94. The lowest BCUT2D eigenvalue weighted by molar-refractivity contribution is 1.11. The molecule has 0 spiro atoms. The van der Waals surface area contributed by atoms with Gasteiger partial charge in [-0.2, -0.15) is 0 Å². The molecule has 1 aromatic heterocycles. The molecule has 0 aliphatic carbocycles. The number of nitrogen functional groups attached to an aromatic ring is 1. The van der Waals surface area contributed by atoms with Crippen LogP contribution < -0.4 is 11.1 Å². The van der Waals surface area contributed by atoms with Crippen molar-refractivity contribution in [2.45, 2.75) is 6.42 Å². The van der Waals surface area contributed by atoms with Crippen molar-refractivity contribution in [1.82, 2.24) is 4.98 Å². The third kappa shape index (κ3) is 0.894. The van der Waals surface area contributed by atoms with Crippen molar-refractivity contribution < 1.29 is 0 Å². The molecule has 3 nitrogen and oxygen atoms in total. The van der Waals surface area contributed by atoms with Crippen LogP contribution in [0.3, 0.4) is 0 Å². The summed E-state index contributed by atoms with van der Waals surface area (Å²) in [5.41, 5.74) is 9.12. The molecule has 0 radical (unpaired) electrons. The molecule has 14 heavy (non-hydrogen) atoms. The van der Waals surface area contributed by atoms with E-state index in [1.165, 1.54) is 5.56 Å². The standard InChI is InChI=1S/C11H11N3/c12-10-7-3-1-2-4-9(7)14-11-8(10)5-6-13-11/h1-4H,5-6H2,(H3,12,13,14). The SMILES string of the molecule is Nc1c2c(nc3ccccc13)NCC2. The van der Waals surface area contributed by atoms with Crippen LogP contribution in [-0.4, -0.2) is 11.5 Å². The Morgan fingerprint density at radius 3 is 3.07 bits per heavy atom. The molecule has 0 saturated heterocycles. The van der Waals surface area contributed by atoms with Crippen molar-refractivity contribution in [3.63, 3.8) is 0 Å². The Kier molecular flexibility index (Phi) is 1.42. The molecule has 3 N–H and O–H groups in total. The molecule has 0 atom stereocenters. The average Bonchev–Trinajstić information content (AvgIpc) is 2.66. The van der Waals surface area contributed by atoms with E-state index in [0.717, 1.165) is 35.4 Å². The Labute approximate surface area is 81.9 Å². The first-order valence-corrected chi connectivity index (χ1v) is 4.77. The van der Waals surface area contributed by atoms with Crippen LogP contribution in [0.2, 0.25) is 0 Å². The second kappa shape index (κ2) is 2.61. The van der Waals surface area contributed by atoms with Gasteiger partial charge in [-0.15, -0.1) is 0 Å². The number of nitrogens with two attached hydrogens (primary N) is 1. The molecule has 0 bridgehead atoms. The zero-order chi connectivity index (χ0) is 9.54. The minimum atomic E-state index is 0.885. The smallest absolute Gasteiger partial charge is 0.132 e. The minimum absolute atomic E-state index is 0.885. The summed E-state index contributed by atoms with van der Waals surface area (Å²) in [5, 5.41) is 4.31. The lowest BCUT2D eigenvalue weighted by Crippen LogP contribution is -1.96. The lowest BCUT2D eigenvalue weighted by Gasteiger charge is -2.06. The van der Waals surface area contributed by atoms with Crippen LogP contribution in [0.1, 0.15) is 5.56 Å². The summed E-state index contributed by atoms with van der Waals surface area (Å²) in [6.45, 7) is 0.947. The average molecular weight is 185 g/mol. The second-order valence-electron chi connectivity index (χ2n) is 3.55. The lowest BCUT2D eigenvalue weighted by atomic mass is 10.1. The number of hydrogen-bond acceptors (Lipinski definition) is 3. The van der Waals surface area contributed by atoms with Gasteiger partial charge in [-0.3, -0.25) is 0 Å². The van der Waals surface area contributed by atoms with Gasteiger partial charge in [0.25, 0.3) is 0 Å². The molecule has 3 rings (SSSR count). The number of anilines is 2. The van der Waals surface area contributed by atoms with E-state index in [4.69, 9.17) is 5.73 Å². The second-order valence-corrected chi connectivity index (χ2v) is 3.55. The zero-order valence-electron chi connectivity index (χ0n) is 7.75. The molecule has 3 heteroatoms. The fraction of sp³-hybridized carbons (Fsp3) is 0.182. The van der Waals surface area contributed by atoms with Crippen molar-refractivity contribution in [3.8, 4) is 0 Å². The van der Waals surface area contributed by atoms with Gasteiger partial charge in [0, 0.05) is 23.2 Å². The predicted molar refractivity (Wildman–Crippen MR) is 58.3 cm³/mol. The highest BCUT2D eigenvalue weighted by Crippen LogP contribution is 2.31. The number of hydrogen-bond donors (Lipinski definition) is 2. The molecule has 0 saturated carbocycles. The normalized spacial score (nSPS) is 14.0. The first-order valence-electron chi connectivity index (χ1n) is 4.77. The third-order valence-electron chi connectivity index (χ3n) is 2.70. The molecule has 0 fully saturated rings. The summed E-state index contributed by atoms with van der Waals surface area (Å²) in [4.78, 5) is 4.53. The maximum atomic E-state index is 6.09. The fourth-order valence-electron chi connectivity index (χ4n) is 1.98. The van der Waals surface area contributed by atoms with E-state index < -0.39 is 0 Å². The zero-order valence-corrected chi connectivity index (χ0v) is 7.75. The van der Waals surface area contributed by atoms with E-state index in [1.807, 2.05) is 24.3 Å². The number of fused-ring (bicyclic) bond motifs is 2. The van der Waals surface area contributed by atoms with Crippen LogP contribution in [0.5, 0.6) is 0 Å². The number of aromatic nitrogens is 1. The molecule has 2 heterocycles. The van der Waals surface area contributed by atoms with Gasteiger partial charge in [0.1, 0.15) is 5.82 Å². The number of para-hydroxylation sites is 1. The third-order valence-corrected chi connectivity index (χ3v) is 2.70. The van der Waals surface area contributed by atoms with Crippen molar-refractivity contribution in [3.05, 3.63) is 29.8 Å². The van der Waals surface area contributed by atoms with Crippen molar-refractivity contribution in [2.24, 2.45) is 0 Å². The Balaban J connectivity index is 2.44. The van der Waals surface area contributed by atoms with Crippen molar-refractivity contribution in [1.29, 1.82) is 0 Å². The van der Waals surface area contributed by atoms with Gasteiger partial charge in [-0.05, 0) is 12.5 Å². The van der Waals surface area contributed by atoms with Crippen LogP contribution in [0, 0.1) is 0 Å². The quantitative estimate of drug-likeness (QED) is 0.657. The summed E-state index contributed by atoms with van der Waals surface area (Å²) < 4.78 is 0. The Morgan fingerprint density at radius 1 is 1.29 bits per heavy atom. The highest BCUT2D eigenvalue weighted by Gasteiger charge is 2.16. The largest absolute Gasteiger partial charge is 0.398 e. The van der Waals surface area contributed by atoms with Crippen LogP contribution in [0.4, 0.5) is 11.5 Å². The van der Waals surface area contributed by atoms with Crippen molar-refractivity contribution >= 4 is 22.4 Å². The maximum absolute atomic E-state index is 6.09. The number of nitrogens with one attached hydrogen (secondary N) is 1. The van der Waals surface area contributed by atoms with Gasteiger partial charge in [0.05, 0.1) is 5.52 Å². The van der Waals surface area contributed by atoms with Crippen LogP contribution >= 0.6 is 0 Å².